The molecule has 2 N–H and O–H groups in total. The number of likely N-dealkylation sites (tertiary alicyclic amines) is 2. The molecule has 6 atom stereocenters. The number of hydrogen-bond acceptors (Lipinski definition) is 12. The average Bonchev–Trinajstić information content (AvgIpc) is 3.95. The topological polar surface area (TPSA) is 175 Å². The highest BCUT2D eigenvalue weighted by Crippen LogP contribution is 2.42. The van der Waals surface area contributed by atoms with Gasteiger partial charge in [0.1, 0.15) is 18.1 Å². The molecular formula is C55H86N10O7S7. The lowest BCUT2D eigenvalue weighted by atomic mass is 9.82. The molecule has 0 radical (unpaired) electrons. The number of aryl methyl sites for hydroxylation is 1. The summed E-state index contributed by atoms with van der Waals surface area (Å²) in [5, 5.41) is 8.17. The van der Waals surface area contributed by atoms with Gasteiger partial charge in [-0.1, -0.05) is 39.7 Å². The molecule has 3 saturated heterocycles. The normalized spacial score (nSPS) is 20.5. The highest BCUT2D eigenvalue weighted by molar-refractivity contribution is 7.60. The van der Waals surface area contributed by atoms with Gasteiger partial charge in [0, 0.05) is 104 Å². The number of ether oxygens (including phenoxy) is 2. The van der Waals surface area contributed by atoms with Crippen LogP contribution in [0.5, 0.6) is 0 Å². The van der Waals surface area contributed by atoms with E-state index in [0.717, 1.165) is 44.7 Å². The molecule has 4 aromatic rings. The number of methoxy groups -OCH3 is 1. The Hall–Kier alpha value is -3.77. The molecule has 79 heavy (non-hydrogen) atoms. The first-order chi connectivity index (χ1) is 34.6. The number of pyridine rings is 1. The number of carbonyl (C=O) groups is 5. The minimum absolute atomic E-state index is 0. The number of piperidine rings is 1. The van der Waals surface area contributed by atoms with Crippen molar-refractivity contribution >= 4 is 133 Å². The van der Waals surface area contributed by atoms with E-state index in [-0.39, 0.29) is 130 Å². The Morgan fingerprint density at radius 2 is 1.72 bits per heavy atom. The van der Waals surface area contributed by atoms with Crippen LogP contribution in [0, 0.1) is 29.1 Å². The number of likely N-dealkylation sites (N-methyl/N-ethyl adjacent to an activating group) is 1. The van der Waals surface area contributed by atoms with E-state index in [9.17, 15) is 24.0 Å². The Kier molecular flexibility index (Phi) is 26.6. The molecule has 0 spiro atoms. The van der Waals surface area contributed by atoms with Crippen LogP contribution >= 0.6 is 92.3 Å². The lowest BCUT2D eigenvalue weighted by Crippen LogP contribution is -2.68. The minimum atomic E-state index is -1.09. The number of esters is 1. The number of carbonyl (C=O) groups excluding carboxylic acids is 5. The molecule has 5 amide bonds. The molecule has 4 aliphatic heterocycles. The van der Waals surface area contributed by atoms with Crippen molar-refractivity contribution in [3.05, 3.63) is 58.2 Å². The fourth-order valence-electron chi connectivity index (χ4n) is 10.7. The monoisotopic (exact) mass is 1220 g/mol. The second-order valence-corrected chi connectivity index (χ2v) is 23.0. The number of nitrogens with zero attached hydrogens (tertiary/aromatic N) is 8. The van der Waals surface area contributed by atoms with Crippen LogP contribution in [0.1, 0.15) is 97.0 Å². The molecule has 3 fully saturated rings. The molecule has 7 heterocycles. The van der Waals surface area contributed by atoms with E-state index in [1.165, 1.54) is 21.2 Å². The first-order valence-electron chi connectivity index (χ1n) is 25.8. The van der Waals surface area contributed by atoms with E-state index in [4.69, 9.17) is 19.4 Å². The molecule has 0 saturated carbocycles. The van der Waals surface area contributed by atoms with Crippen LogP contribution in [0.3, 0.4) is 0 Å². The standard InChI is InChI=1S/C55H74N10O7S.6H2S/c1-13-63-44-19-18-35-26-38(44)39(49(63)37-16-14-23-56-47(37)34(4)71-12)28-54(5,6)32-72-52(69)40-17-15-24-65(59-40)51(68)41(27-45-57-42(35)31-73-45)58-50(67)48(33(2)3)61(11)53(70)64-30-36-29-62(25-21-43(36)64)46(66)20-22-55(7,8)60(9)10;;;;;;/h14,16,18-19,23,26,31,33-34,36,40-41,43,48,59H,13,15,17,21,24-25,27-30,32H2,1-12H3,(H,58,67);6*1H2/t34-,36-,40-,41-,43-,48-;;;;;;/m0....../s1. The number of cyclic esters (lactones) is 1. The molecule has 1 aromatic carbocycles. The van der Waals surface area contributed by atoms with Crippen LogP contribution in [0.2, 0.25) is 0 Å². The van der Waals surface area contributed by atoms with Gasteiger partial charge in [-0.2, -0.15) is 81.0 Å². The van der Waals surface area contributed by atoms with Crippen LogP contribution in [0.4, 0.5) is 4.79 Å². The van der Waals surface area contributed by atoms with Crippen molar-refractivity contribution in [2.75, 3.05) is 61.0 Å². The predicted molar refractivity (Wildman–Crippen MR) is 344 cm³/mol. The molecule has 24 heteroatoms. The Balaban J connectivity index is 0.00000356. The zero-order valence-electron chi connectivity index (χ0n) is 47.7. The molecular weight excluding hydrogens is 1140 g/mol. The van der Waals surface area contributed by atoms with Crippen molar-refractivity contribution < 1.29 is 33.4 Å². The number of benzene rings is 1. The van der Waals surface area contributed by atoms with E-state index in [1.807, 2.05) is 65.1 Å². The second kappa shape index (κ2) is 29.5. The predicted octanol–water partition coefficient (Wildman–Crippen LogP) is 6.83. The summed E-state index contributed by atoms with van der Waals surface area (Å²) in [6.45, 7) is 18.6. The van der Waals surface area contributed by atoms with Gasteiger partial charge in [-0.05, 0) is 109 Å². The van der Waals surface area contributed by atoms with E-state index in [1.54, 1.807) is 30.2 Å². The number of hydrogen-bond donors (Lipinski definition) is 2. The summed E-state index contributed by atoms with van der Waals surface area (Å²) in [5.74, 6) is 4.16. The number of amides is 5. The van der Waals surface area contributed by atoms with Crippen molar-refractivity contribution in [3.8, 4) is 34.4 Å². The Morgan fingerprint density at radius 1 is 1.01 bits per heavy atom. The zero-order chi connectivity index (χ0) is 52.7. The number of rotatable bonds is 9. The van der Waals surface area contributed by atoms with Gasteiger partial charge < -0.3 is 34.1 Å². The van der Waals surface area contributed by atoms with Crippen molar-refractivity contribution in [2.24, 2.45) is 17.3 Å². The molecule has 0 aliphatic carbocycles. The van der Waals surface area contributed by atoms with Gasteiger partial charge in [0.25, 0.3) is 11.8 Å². The fourth-order valence-corrected chi connectivity index (χ4v) is 11.6. The Bertz CT molecular complexity index is 2830. The zero-order valence-corrected chi connectivity index (χ0v) is 54.5. The number of aromatic nitrogens is 3. The van der Waals surface area contributed by atoms with Crippen LogP contribution in [-0.2, 0) is 48.0 Å². The third-order valence-electron chi connectivity index (χ3n) is 15.4. The average molecular weight is 1220 g/mol. The van der Waals surface area contributed by atoms with Crippen molar-refractivity contribution in [2.45, 2.75) is 130 Å². The molecule has 440 valence electrons. The first kappa shape index (κ1) is 71.3. The SMILES string of the molecule is CCn1c(-c2cccnc2[C@H](C)OC)c2c3cc(ccc31)-c1csc(n1)C[C@H](NC(=O)[C@H](C(C)C)N(C)C(=O)N1C[C@@H]3CN(C(=O)C#CC(C)(C)N(C)C)CC[C@@H]31)C(=O)N1CCC[C@H](N1)C(=O)OCC(C)(C)C2.S.S.S.S.S.S. The molecule has 17 nitrogen and oxygen atoms in total. The molecule has 8 rings (SSSR count). The molecule has 4 aliphatic rings. The molecule has 6 bridgehead atoms. The second-order valence-electron chi connectivity index (χ2n) is 22.1. The van der Waals surface area contributed by atoms with Gasteiger partial charge in [-0.25, -0.2) is 15.2 Å². The smallest absolute Gasteiger partial charge is 0.324 e. The minimum Gasteiger partial charge on any atom is -0.464 e. The highest BCUT2D eigenvalue weighted by atomic mass is 32.1. The fraction of sp³-hybridized carbons (Fsp3) is 0.582. The van der Waals surface area contributed by atoms with E-state index in [2.05, 4.69) is 72.2 Å². The number of thiazole rings is 1. The maximum Gasteiger partial charge on any atom is 0.324 e. The van der Waals surface area contributed by atoms with Gasteiger partial charge in [0.15, 0.2) is 0 Å². The van der Waals surface area contributed by atoms with Crippen LogP contribution in [0.25, 0.3) is 33.4 Å². The van der Waals surface area contributed by atoms with E-state index >= 15 is 0 Å². The summed E-state index contributed by atoms with van der Waals surface area (Å²) in [6, 6.07) is 7.29. The number of urea groups is 1. The third-order valence-corrected chi connectivity index (χ3v) is 16.3. The number of hydrazine groups is 1. The van der Waals surface area contributed by atoms with E-state index in [0.29, 0.717) is 63.4 Å². The van der Waals surface area contributed by atoms with Gasteiger partial charge in [-0.3, -0.25) is 34.1 Å². The summed E-state index contributed by atoms with van der Waals surface area (Å²) in [7, 11) is 7.18. The maximum absolute atomic E-state index is 14.8. The lowest BCUT2D eigenvalue weighted by Gasteiger charge is -2.54. The van der Waals surface area contributed by atoms with Crippen LogP contribution < -0.4 is 10.7 Å². The van der Waals surface area contributed by atoms with Gasteiger partial charge in [0.05, 0.1) is 40.3 Å². The van der Waals surface area contributed by atoms with Gasteiger partial charge >= 0.3 is 12.0 Å². The molecule has 0 unspecified atom stereocenters. The summed E-state index contributed by atoms with van der Waals surface area (Å²) in [5.41, 5.74) is 8.83. The van der Waals surface area contributed by atoms with Crippen LogP contribution in [-0.4, -0.2) is 160 Å². The number of nitrogens with one attached hydrogen (secondary N) is 2. The largest absolute Gasteiger partial charge is 0.464 e. The maximum atomic E-state index is 14.8. The Labute approximate surface area is 513 Å². The quantitative estimate of drug-likeness (QED) is 0.133. The van der Waals surface area contributed by atoms with Crippen molar-refractivity contribution in [3.63, 3.8) is 0 Å². The van der Waals surface area contributed by atoms with Gasteiger partial charge in [-0.15, -0.1) is 11.3 Å². The summed E-state index contributed by atoms with van der Waals surface area (Å²) >= 11 is 1.41. The number of fused-ring (bicyclic) bond motifs is 7. The van der Waals surface area contributed by atoms with Crippen LogP contribution in [0.15, 0.2) is 41.9 Å². The van der Waals surface area contributed by atoms with E-state index < -0.39 is 46.9 Å². The molecule has 3 aromatic heterocycles. The highest BCUT2D eigenvalue weighted by Gasteiger charge is 2.48. The van der Waals surface area contributed by atoms with Crippen molar-refractivity contribution in [1.29, 1.82) is 0 Å². The van der Waals surface area contributed by atoms with Crippen molar-refractivity contribution in [1.82, 2.24) is 49.9 Å². The third kappa shape index (κ3) is 15.3. The Morgan fingerprint density at radius 3 is 2.37 bits per heavy atom. The summed E-state index contributed by atoms with van der Waals surface area (Å²) < 4.78 is 14.3. The van der Waals surface area contributed by atoms with Gasteiger partial charge in [0.2, 0.25) is 5.91 Å². The lowest BCUT2D eigenvalue weighted by molar-refractivity contribution is -0.155. The summed E-state index contributed by atoms with van der Waals surface area (Å²) in [6.07, 6.45) is 3.79. The summed E-state index contributed by atoms with van der Waals surface area (Å²) in [4.78, 5) is 87.8. The first-order valence-corrected chi connectivity index (χ1v) is 26.7.